The minimum Gasteiger partial charge on any atom is -0.379 e. The lowest BCUT2D eigenvalue weighted by molar-refractivity contribution is -0.138. The molecule has 2 unspecified atom stereocenters. The average molecular weight is 537 g/mol. The number of anilines is 1. The average Bonchev–Trinajstić information content (AvgIpc) is 2.81. The van der Waals surface area contributed by atoms with Crippen LogP contribution in [-0.2, 0) is 16.0 Å². The number of aryl methyl sites for hydroxylation is 1. The number of alkyl halides is 3. The first-order valence-electron chi connectivity index (χ1n) is 11.7. The smallest absolute Gasteiger partial charge is 0.379 e. The van der Waals surface area contributed by atoms with Crippen LogP contribution < -0.4 is 10.9 Å². The van der Waals surface area contributed by atoms with Gasteiger partial charge in [0.05, 0.1) is 27.0 Å². The maximum atomic E-state index is 13.9. The second-order valence-electron chi connectivity index (χ2n) is 9.47. The zero-order chi connectivity index (χ0) is 27.3. The molecule has 3 atom stereocenters. The van der Waals surface area contributed by atoms with Gasteiger partial charge in [-0.3, -0.25) is 9.59 Å². The highest BCUT2D eigenvalue weighted by Crippen LogP contribution is 2.37. The van der Waals surface area contributed by atoms with Crippen molar-refractivity contribution in [1.29, 1.82) is 0 Å². The summed E-state index contributed by atoms with van der Waals surface area (Å²) in [6.45, 7) is 6.38. The van der Waals surface area contributed by atoms with Crippen molar-refractivity contribution in [1.82, 2.24) is 14.9 Å². The normalized spacial score (nSPS) is 20.6. The fourth-order valence-electron chi connectivity index (χ4n) is 4.61. The predicted molar refractivity (Wildman–Crippen MR) is 134 cm³/mol. The Labute approximate surface area is 211 Å². The summed E-state index contributed by atoms with van der Waals surface area (Å²) in [6, 6.07) is 7.47. The molecule has 198 valence electrons. The lowest BCUT2D eigenvalue weighted by atomic mass is 9.98. The number of halogens is 3. The Morgan fingerprint density at radius 3 is 2.30 bits per heavy atom. The highest BCUT2D eigenvalue weighted by Gasteiger charge is 2.38. The van der Waals surface area contributed by atoms with Gasteiger partial charge in [-0.1, -0.05) is 0 Å². The van der Waals surface area contributed by atoms with Crippen molar-refractivity contribution in [2.24, 2.45) is 0 Å². The van der Waals surface area contributed by atoms with E-state index in [0.29, 0.717) is 11.3 Å². The Morgan fingerprint density at radius 1 is 1.14 bits per heavy atom. The Hall–Kier alpha value is -3.41. The molecule has 0 aliphatic carbocycles. The molecule has 12 heteroatoms. The Bertz CT molecular complexity index is 1500. The van der Waals surface area contributed by atoms with Gasteiger partial charge in [0.15, 0.2) is 9.84 Å². The van der Waals surface area contributed by atoms with Crippen LogP contribution in [0.15, 0.2) is 41.2 Å². The number of carbonyl (C=O) groups is 1. The minimum atomic E-state index is -4.66. The number of sulfone groups is 1. The van der Waals surface area contributed by atoms with Crippen LogP contribution in [0.2, 0.25) is 0 Å². The number of aromatic nitrogens is 2. The van der Waals surface area contributed by atoms with Gasteiger partial charge in [0, 0.05) is 30.4 Å². The van der Waals surface area contributed by atoms with Gasteiger partial charge >= 0.3 is 6.18 Å². The second kappa shape index (κ2) is 9.47. The first kappa shape index (κ1) is 26.6. The van der Waals surface area contributed by atoms with Gasteiger partial charge in [0.25, 0.3) is 11.5 Å². The highest BCUT2D eigenvalue weighted by atomic mass is 32.2. The molecule has 1 fully saturated rings. The fourth-order valence-corrected chi connectivity index (χ4v) is 6.18. The number of amides is 1. The lowest BCUT2D eigenvalue weighted by Gasteiger charge is -2.34. The maximum Gasteiger partial charge on any atom is 0.416 e. The zero-order valence-electron chi connectivity index (χ0n) is 20.7. The van der Waals surface area contributed by atoms with Crippen LogP contribution in [0, 0.1) is 6.92 Å². The minimum absolute atomic E-state index is 0.0402. The van der Waals surface area contributed by atoms with Crippen molar-refractivity contribution in [3.8, 4) is 0 Å². The predicted octanol–water partition coefficient (Wildman–Crippen LogP) is 4.07. The van der Waals surface area contributed by atoms with Crippen LogP contribution in [0.3, 0.4) is 0 Å². The summed E-state index contributed by atoms with van der Waals surface area (Å²) in [6.07, 6.45) is -4.66. The number of benzene rings is 2. The summed E-state index contributed by atoms with van der Waals surface area (Å²) in [4.78, 5) is 33.3. The third-order valence-electron chi connectivity index (χ3n) is 6.65. The number of hydrogen-bond donors (Lipinski definition) is 2. The molecule has 0 saturated carbocycles. The third-order valence-corrected chi connectivity index (χ3v) is 9.19. The van der Waals surface area contributed by atoms with Crippen molar-refractivity contribution in [3.63, 3.8) is 0 Å². The largest absolute Gasteiger partial charge is 0.416 e. The van der Waals surface area contributed by atoms with E-state index in [-0.39, 0.29) is 41.3 Å². The standard InChI is InChI=1S/C25H27F3N4O4S/c1-13-11-32(12-14(2)37(13,35)36)24(34)17-5-7-18(8-6-17)29-15(3)19-9-20-22(10-21(19)25(26,27)28)30-16(4)31-23(20)33/h5-10,13-15,29H,11-12H2,1-4H3,(H,30,31,33)/t13?,14?,15-/m0/s1. The van der Waals surface area contributed by atoms with E-state index in [1.165, 1.54) is 30.0 Å². The van der Waals surface area contributed by atoms with Crippen LogP contribution >= 0.6 is 0 Å². The summed E-state index contributed by atoms with van der Waals surface area (Å²) in [5.74, 6) is -0.0987. The molecule has 4 rings (SSSR count). The van der Waals surface area contributed by atoms with Gasteiger partial charge in [0.2, 0.25) is 0 Å². The molecule has 1 aliphatic rings. The van der Waals surface area contributed by atoms with Crippen LogP contribution in [-0.4, -0.2) is 52.8 Å². The van der Waals surface area contributed by atoms with E-state index in [9.17, 15) is 31.2 Å². The second-order valence-corrected chi connectivity index (χ2v) is 12.3. The summed E-state index contributed by atoms with van der Waals surface area (Å²) in [7, 11) is -3.28. The van der Waals surface area contributed by atoms with Crippen molar-refractivity contribution >= 4 is 32.3 Å². The number of carbonyl (C=O) groups excluding carboxylic acids is 1. The van der Waals surface area contributed by atoms with Crippen LogP contribution in [0.4, 0.5) is 18.9 Å². The molecule has 2 heterocycles. The third kappa shape index (κ3) is 5.20. The van der Waals surface area contributed by atoms with E-state index in [0.717, 1.165) is 6.07 Å². The molecule has 0 spiro atoms. The molecule has 2 aromatic carbocycles. The van der Waals surface area contributed by atoms with Gasteiger partial charge in [-0.25, -0.2) is 13.4 Å². The van der Waals surface area contributed by atoms with E-state index in [1.54, 1.807) is 32.9 Å². The van der Waals surface area contributed by atoms with Gasteiger partial charge < -0.3 is 15.2 Å². The molecule has 0 radical (unpaired) electrons. The maximum absolute atomic E-state index is 13.9. The van der Waals surface area contributed by atoms with E-state index < -0.39 is 43.7 Å². The number of H-pyrrole nitrogens is 1. The Kier molecular flexibility index (Phi) is 6.82. The molecule has 1 saturated heterocycles. The molecule has 0 bridgehead atoms. The zero-order valence-corrected chi connectivity index (χ0v) is 21.5. The quantitative estimate of drug-likeness (QED) is 0.520. The van der Waals surface area contributed by atoms with Crippen molar-refractivity contribution in [3.05, 3.63) is 69.3 Å². The molecule has 37 heavy (non-hydrogen) atoms. The van der Waals surface area contributed by atoms with Crippen LogP contribution in [0.25, 0.3) is 10.9 Å². The lowest BCUT2D eigenvalue weighted by Crippen LogP contribution is -2.52. The fraction of sp³-hybridized carbons (Fsp3) is 0.400. The number of fused-ring (bicyclic) bond motifs is 1. The molecule has 3 aromatic rings. The highest BCUT2D eigenvalue weighted by molar-refractivity contribution is 7.92. The van der Waals surface area contributed by atoms with Gasteiger partial charge in [-0.2, -0.15) is 13.2 Å². The number of nitrogens with one attached hydrogen (secondary N) is 2. The van der Waals surface area contributed by atoms with Gasteiger partial charge in [-0.15, -0.1) is 0 Å². The van der Waals surface area contributed by atoms with Crippen molar-refractivity contribution < 1.29 is 26.4 Å². The van der Waals surface area contributed by atoms with E-state index in [1.807, 2.05) is 0 Å². The first-order chi connectivity index (χ1) is 17.2. The molecule has 1 aliphatic heterocycles. The van der Waals surface area contributed by atoms with E-state index in [2.05, 4.69) is 15.3 Å². The Morgan fingerprint density at radius 2 is 1.73 bits per heavy atom. The monoisotopic (exact) mass is 536 g/mol. The van der Waals surface area contributed by atoms with Crippen LogP contribution in [0.5, 0.6) is 0 Å². The first-order valence-corrected chi connectivity index (χ1v) is 13.3. The summed E-state index contributed by atoms with van der Waals surface area (Å²) in [5.41, 5.74) is -0.771. The van der Waals surface area contributed by atoms with Crippen molar-refractivity contribution in [2.75, 3.05) is 18.4 Å². The number of hydrogen-bond acceptors (Lipinski definition) is 6. The summed E-state index contributed by atoms with van der Waals surface area (Å²) < 4.78 is 66.1. The van der Waals surface area contributed by atoms with E-state index >= 15 is 0 Å². The summed E-state index contributed by atoms with van der Waals surface area (Å²) >= 11 is 0. The molecule has 1 amide bonds. The number of nitrogens with zero attached hydrogens (tertiary/aromatic N) is 2. The molecular formula is C25H27F3N4O4S. The van der Waals surface area contributed by atoms with E-state index in [4.69, 9.17) is 0 Å². The molecule has 2 N–H and O–H groups in total. The van der Waals surface area contributed by atoms with Gasteiger partial charge in [-0.05, 0) is 69.7 Å². The van der Waals surface area contributed by atoms with Crippen LogP contribution in [0.1, 0.15) is 54.1 Å². The Balaban J connectivity index is 1.58. The summed E-state index contributed by atoms with van der Waals surface area (Å²) in [5, 5.41) is 1.71. The number of rotatable bonds is 4. The molecular weight excluding hydrogens is 509 g/mol. The SMILES string of the molecule is Cc1nc2cc(C(F)(F)F)c([C@H](C)Nc3ccc(C(=O)N4CC(C)S(=O)(=O)C(C)C4)cc3)cc2c(=O)[nH]1. The molecule has 8 nitrogen and oxygen atoms in total. The number of aromatic amines is 1. The van der Waals surface area contributed by atoms with Crippen molar-refractivity contribution in [2.45, 2.75) is 50.4 Å². The topological polar surface area (TPSA) is 112 Å². The van der Waals surface area contributed by atoms with Gasteiger partial charge in [0.1, 0.15) is 5.82 Å². The molecule has 1 aromatic heterocycles.